The third-order valence-electron chi connectivity index (χ3n) is 2.57. The third kappa shape index (κ3) is 2.87. The topological polar surface area (TPSA) is 46.0 Å². The summed E-state index contributed by atoms with van der Waals surface area (Å²) in [6.07, 6.45) is 0.636. The van der Waals surface area contributed by atoms with Crippen molar-refractivity contribution in [3.05, 3.63) is 59.2 Å². The SMILES string of the molecule is Cc1nccc(C(O)Cc2ccc(F)cc2F)n1. The minimum Gasteiger partial charge on any atom is -0.386 e. The van der Waals surface area contributed by atoms with E-state index in [9.17, 15) is 13.9 Å². The molecular formula is C13H12F2N2O. The van der Waals surface area contributed by atoms with Gasteiger partial charge in [-0.05, 0) is 24.6 Å². The van der Waals surface area contributed by atoms with Gasteiger partial charge in [0.25, 0.3) is 0 Å². The molecule has 1 aromatic carbocycles. The number of halogens is 2. The molecule has 0 saturated carbocycles. The summed E-state index contributed by atoms with van der Waals surface area (Å²) in [6.45, 7) is 1.70. The van der Waals surface area contributed by atoms with Crippen LogP contribution in [0.25, 0.3) is 0 Å². The van der Waals surface area contributed by atoms with Crippen LogP contribution in [0.15, 0.2) is 30.5 Å². The van der Waals surface area contributed by atoms with Crippen molar-refractivity contribution in [2.45, 2.75) is 19.4 Å². The molecule has 2 aromatic rings. The molecule has 1 unspecified atom stereocenters. The van der Waals surface area contributed by atoms with Gasteiger partial charge >= 0.3 is 0 Å². The molecule has 0 aliphatic rings. The fraction of sp³-hybridized carbons (Fsp3) is 0.231. The van der Waals surface area contributed by atoms with Crippen LogP contribution in [0.2, 0.25) is 0 Å². The molecule has 0 spiro atoms. The van der Waals surface area contributed by atoms with Crippen molar-refractivity contribution in [3.63, 3.8) is 0 Å². The van der Waals surface area contributed by atoms with E-state index in [0.717, 1.165) is 12.1 Å². The summed E-state index contributed by atoms with van der Waals surface area (Å²) < 4.78 is 26.2. The second-order valence-electron chi connectivity index (χ2n) is 3.98. The number of nitrogens with zero attached hydrogens (tertiary/aromatic N) is 2. The molecule has 1 N–H and O–H groups in total. The van der Waals surface area contributed by atoms with Gasteiger partial charge in [0.15, 0.2) is 0 Å². The molecule has 0 fully saturated rings. The molecular weight excluding hydrogens is 238 g/mol. The minimum atomic E-state index is -0.938. The molecule has 18 heavy (non-hydrogen) atoms. The van der Waals surface area contributed by atoms with Crippen LogP contribution in [0.3, 0.4) is 0 Å². The maximum Gasteiger partial charge on any atom is 0.129 e. The number of aliphatic hydroxyl groups is 1. The summed E-state index contributed by atoms with van der Waals surface area (Å²) in [5.41, 5.74) is 0.673. The monoisotopic (exact) mass is 250 g/mol. The number of aromatic nitrogens is 2. The van der Waals surface area contributed by atoms with Gasteiger partial charge in [0.2, 0.25) is 0 Å². The molecule has 0 aliphatic carbocycles. The fourth-order valence-electron chi connectivity index (χ4n) is 1.66. The lowest BCUT2D eigenvalue weighted by molar-refractivity contribution is 0.172. The number of benzene rings is 1. The van der Waals surface area contributed by atoms with E-state index in [1.54, 1.807) is 13.0 Å². The van der Waals surface area contributed by atoms with Crippen molar-refractivity contribution in [1.29, 1.82) is 0 Å². The molecule has 0 saturated heterocycles. The maximum absolute atomic E-state index is 13.4. The van der Waals surface area contributed by atoms with E-state index in [4.69, 9.17) is 0 Å². The molecule has 0 radical (unpaired) electrons. The lowest BCUT2D eigenvalue weighted by atomic mass is 10.0. The van der Waals surface area contributed by atoms with Gasteiger partial charge < -0.3 is 5.11 Å². The molecule has 0 aliphatic heterocycles. The van der Waals surface area contributed by atoms with Gasteiger partial charge in [0, 0.05) is 18.7 Å². The maximum atomic E-state index is 13.4. The zero-order chi connectivity index (χ0) is 13.1. The Morgan fingerprint density at radius 2 is 2.06 bits per heavy atom. The van der Waals surface area contributed by atoms with Gasteiger partial charge in [-0.1, -0.05) is 6.07 Å². The smallest absolute Gasteiger partial charge is 0.129 e. The van der Waals surface area contributed by atoms with Gasteiger partial charge in [-0.15, -0.1) is 0 Å². The van der Waals surface area contributed by atoms with E-state index in [2.05, 4.69) is 9.97 Å². The highest BCUT2D eigenvalue weighted by Crippen LogP contribution is 2.19. The van der Waals surface area contributed by atoms with Gasteiger partial charge in [0.1, 0.15) is 23.6 Å². The number of hydrogen-bond donors (Lipinski definition) is 1. The van der Waals surface area contributed by atoms with E-state index in [1.807, 2.05) is 0 Å². The first-order chi connectivity index (χ1) is 8.56. The van der Waals surface area contributed by atoms with Crippen molar-refractivity contribution < 1.29 is 13.9 Å². The average molecular weight is 250 g/mol. The van der Waals surface area contributed by atoms with Crippen molar-refractivity contribution in [2.24, 2.45) is 0 Å². The van der Waals surface area contributed by atoms with Crippen LogP contribution < -0.4 is 0 Å². The van der Waals surface area contributed by atoms with Gasteiger partial charge in [0.05, 0.1) is 5.69 Å². The lowest BCUT2D eigenvalue weighted by Crippen LogP contribution is -2.07. The van der Waals surface area contributed by atoms with Gasteiger partial charge in [-0.3, -0.25) is 0 Å². The molecule has 2 rings (SSSR count). The van der Waals surface area contributed by atoms with E-state index >= 15 is 0 Å². The first-order valence-corrected chi connectivity index (χ1v) is 5.48. The first-order valence-electron chi connectivity index (χ1n) is 5.48. The highest BCUT2D eigenvalue weighted by molar-refractivity contribution is 5.21. The molecule has 1 atom stereocenters. The first kappa shape index (κ1) is 12.6. The zero-order valence-corrected chi connectivity index (χ0v) is 9.77. The highest BCUT2D eigenvalue weighted by atomic mass is 19.1. The van der Waals surface area contributed by atoms with Crippen LogP contribution >= 0.6 is 0 Å². The van der Waals surface area contributed by atoms with E-state index < -0.39 is 17.7 Å². The average Bonchev–Trinajstić information content (AvgIpc) is 2.32. The summed E-state index contributed by atoms with van der Waals surface area (Å²) in [5.74, 6) is -0.769. The molecule has 3 nitrogen and oxygen atoms in total. The quantitative estimate of drug-likeness (QED) is 0.909. The Bertz CT molecular complexity index is 560. The highest BCUT2D eigenvalue weighted by Gasteiger charge is 2.13. The number of aryl methyl sites for hydroxylation is 1. The molecule has 0 bridgehead atoms. The summed E-state index contributed by atoms with van der Waals surface area (Å²) in [6, 6.07) is 4.85. The second-order valence-corrected chi connectivity index (χ2v) is 3.98. The van der Waals surface area contributed by atoms with Crippen molar-refractivity contribution in [3.8, 4) is 0 Å². The lowest BCUT2D eigenvalue weighted by Gasteiger charge is -2.11. The van der Waals surface area contributed by atoms with Gasteiger partial charge in [-0.2, -0.15) is 0 Å². The Morgan fingerprint density at radius 3 is 2.72 bits per heavy atom. The number of hydrogen-bond acceptors (Lipinski definition) is 3. The van der Waals surface area contributed by atoms with Crippen molar-refractivity contribution >= 4 is 0 Å². The molecule has 5 heteroatoms. The molecule has 0 amide bonds. The Kier molecular flexibility index (Phi) is 3.62. The van der Waals surface area contributed by atoms with Crippen molar-refractivity contribution in [1.82, 2.24) is 9.97 Å². The number of rotatable bonds is 3. The zero-order valence-electron chi connectivity index (χ0n) is 9.77. The Hall–Kier alpha value is -1.88. The largest absolute Gasteiger partial charge is 0.386 e. The second kappa shape index (κ2) is 5.18. The normalized spacial score (nSPS) is 12.4. The Labute approximate surface area is 103 Å². The van der Waals surface area contributed by atoms with Crippen LogP contribution in [0, 0.1) is 18.6 Å². The van der Waals surface area contributed by atoms with E-state index in [1.165, 1.54) is 12.3 Å². The minimum absolute atomic E-state index is 0.0442. The predicted molar refractivity (Wildman–Crippen MR) is 61.8 cm³/mol. The standard InChI is InChI=1S/C13H12F2N2O/c1-8-16-5-4-12(17-8)13(18)6-9-2-3-10(14)7-11(9)15/h2-5,7,13,18H,6H2,1H3. The number of aliphatic hydroxyl groups excluding tert-OH is 1. The van der Waals surface area contributed by atoms with Crippen LogP contribution in [0.1, 0.15) is 23.2 Å². The van der Waals surface area contributed by atoms with Gasteiger partial charge in [-0.25, -0.2) is 18.7 Å². The summed E-state index contributed by atoms with van der Waals surface area (Å²) in [7, 11) is 0. The Morgan fingerprint density at radius 1 is 1.28 bits per heavy atom. The fourth-order valence-corrected chi connectivity index (χ4v) is 1.66. The van der Waals surface area contributed by atoms with E-state index in [0.29, 0.717) is 11.5 Å². The van der Waals surface area contributed by atoms with Crippen LogP contribution in [-0.2, 0) is 6.42 Å². The molecule has 94 valence electrons. The van der Waals surface area contributed by atoms with E-state index in [-0.39, 0.29) is 12.0 Å². The van der Waals surface area contributed by atoms with Crippen LogP contribution in [0.4, 0.5) is 8.78 Å². The summed E-state index contributed by atoms with van der Waals surface area (Å²) in [4.78, 5) is 7.97. The summed E-state index contributed by atoms with van der Waals surface area (Å²) in [5, 5.41) is 9.94. The van der Waals surface area contributed by atoms with Crippen molar-refractivity contribution in [2.75, 3.05) is 0 Å². The molecule has 1 heterocycles. The Balaban J connectivity index is 2.18. The van der Waals surface area contributed by atoms with Crippen LogP contribution in [-0.4, -0.2) is 15.1 Å². The molecule has 1 aromatic heterocycles. The van der Waals surface area contributed by atoms with Crippen LogP contribution in [0.5, 0.6) is 0 Å². The predicted octanol–water partition coefficient (Wildman–Crippen LogP) is 2.34. The third-order valence-corrected chi connectivity index (χ3v) is 2.57. The summed E-state index contributed by atoms with van der Waals surface area (Å²) >= 11 is 0.